The quantitative estimate of drug-likeness (QED) is 0.318. The van der Waals surface area contributed by atoms with Gasteiger partial charge in [0.15, 0.2) is 0 Å². The maximum Gasteiger partial charge on any atom is 0.328 e. The van der Waals surface area contributed by atoms with Crippen molar-refractivity contribution in [2.45, 2.75) is 143 Å². The lowest BCUT2D eigenvalue weighted by Crippen LogP contribution is -2.58. The first-order valence-corrected chi connectivity index (χ1v) is 20.6. The van der Waals surface area contributed by atoms with E-state index in [4.69, 9.17) is 14.5 Å². The van der Waals surface area contributed by atoms with Crippen molar-refractivity contribution in [3.05, 3.63) is 29.8 Å². The van der Waals surface area contributed by atoms with Gasteiger partial charge in [0.05, 0.1) is 24.3 Å². The minimum absolute atomic E-state index is 0.000663. The van der Waals surface area contributed by atoms with E-state index < -0.39 is 65.5 Å². The molecule has 55 heavy (non-hydrogen) atoms. The topological polar surface area (TPSA) is 176 Å². The zero-order chi connectivity index (χ0) is 41.2. The van der Waals surface area contributed by atoms with Gasteiger partial charge in [0.25, 0.3) is 0 Å². The van der Waals surface area contributed by atoms with Crippen molar-refractivity contribution >= 4 is 46.4 Å². The van der Waals surface area contributed by atoms with Crippen LogP contribution in [0, 0.1) is 23.2 Å². The number of methoxy groups -OCH3 is 1. The van der Waals surface area contributed by atoms with Gasteiger partial charge in [-0.3, -0.25) is 24.2 Å². The average molecular weight is 788 g/mol. The van der Waals surface area contributed by atoms with E-state index in [2.05, 4.69) is 16.0 Å². The predicted molar refractivity (Wildman–Crippen MR) is 216 cm³/mol. The molecule has 13 nitrogen and oxygen atoms in total. The Hall–Kier alpha value is -3.65. The van der Waals surface area contributed by atoms with Crippen LogP contribution in [0.4, 0.5) is 0 Å². The molecule has 10 atom stereocenters. The molecule has 1 aromatic carbocycles. The Balaban J connectivity index is 1.94. The van der Waals surface area contributed by atoms with E-state index in [1.807, 2.05) is 60.6 Å². The van der Waals surface area contributed by atoms with E-state index in [0.717, 1.165) is 10.6 Å². The predicted octanol–water partition coefficient (Wildman–Crippen LogP) is 4.28. The Morgan fingerprint density at radius 3 is 2.25 bits per heavy atom. The maximum atomic E-state index is 14.0. The van der Waals surface area contributed by atoms with Crippen molar-refractivity contribution in [2.75, 3.05) is 19.9 Å². The Kier molecular flexibility index (Phi) is 17.0. The lowest BCUT2D eigenvalue weighted by atomic mass is 9.81. The summed E-state index contributed by atoms with van der Waals surface area (Å²) in [6, 6.07) is 3.04. The summed E-state index contributed by atoms with van der Waals surface area (Å²) in [4.78, 5) is 74.5. The van der Waals surface area contributed by atoms with Gasteiger partial charge in [-0.15, -0.1) is 11.8 Å². The smallest absolute Gasteiger partial charge is 0.328 e. The molecule has 3 rings (SSSR count). The van der Waals surface area contributed by atoms with Crippen LogP contribution in [0.25, 0.3) is 0 Å². The first-order chi connectivity index (χ1) is 25.7. The highest BCUT2D eigenvalue weighted by atomic mass is 32.2. The van der Waals surface area contributed by atoms with Gasteiger partial charge in [0.2, 0.25) is 23.6 Å². The molecule has 0 spiro atoms. The molecule has 14 heteroatoms. The highest BCUT2D eigenvalue weighted by molar-refractivity contribution is 8.14. The molecular weight excluding hydrogens is 723 g/mol. The minimum atomic E-state index is -1.06. The summed E-state index contributed by atoms with van der Waals surface area (Å²) in [6.07, 6.45) is 1.13. The number of esters is 1. The van der Waals surface area contributed by atoms with Crippen molar-refractivity contribution in [3.63, 3.8) is 0 Å². The third kappa shape index (κ3) is 13.2. The summed E-state index contributed by atoms with van der Waals surface area (Å²) in [7, 11) is 3.07. The molecule has 2 aliphatic rings. The van der Waals surface area contributed by atoms with Crippen LogP contribution < -0.4 is 20.7 Å². The number of nitrogens with zero attached hydrogens (tertiary/aromatic N) is 2. The summed E-state index contributed by atoms with van der Waals surface area (Å²) in [5.41, 5.74) is 0.358. The zero-order valence-corrected chi connectivity index (χ0v) is 35.5. The summed E-state index contributed by atoms with van der Waals surface area (Å²) < 4.78 is 11.4. The zero-order valence-electron chi connectivity index (χ0n) is 34.6. The molecule has 1 unspecified atom stereocenters. The molecule has 0 radical (unpaired) electrons. The fourth-order valence-corrected chi connectivity index (χ4v) is 7.82. The van der Waals surface area contributed by atoms with Crippen LogP contribution in [0.5, 0.6) is 5.75 Å². The van der Waals surface area contributed by atoms with Gasteiger partial charge in [-0.05, 0) is 68.1 Å². The highest BCUT2D eigenvalue weighted by Crippen LogP contribution is 2.33. The van der Waals surface area contributed by atoms with Crippen LogP contribution in [0.3, 0.4) is 0 Å². The van der Waals surface area contributed by atoms with Gasteiger partial charge < -0.3 is 35.4 Å². The van der Waals surface area contributed by atoms with Gasteiger partial charge in [-0.1, -0.05) is 67.0 Å². The number of benzene rings is 1. The summed E-state index contributed by atoms with van der Waals surface area (Å²) in [6.45, 7) is 16.8. The first-order valence-electron chi connectivity index (χ1n) is 19.6. The minimum Gasteiger partial charge on any atom is -0.497 e. The number of hydrogen-bond acceptors (Lipinski definition) is 10. The van der Waals surface area contributed by atoms with Crippen LogP contribution in [-0.4, -0.2) is 107 Å². The largest absolute Gasteiger partial charge is 0.497 e. The molecule has 4 amide bonds. The monoisotopic (exact) mass is 787 g/mol. The molecule has 0 saturated heterocycles. The lowest BCUT2D eigenvalue weighted by Gasteiger charge is -2.36. The van der Waals surface area contributed by atoms with E-state index >= 15 is 0 Å². The number of carbonyl (C=O) groups is 5. The number of fused-ring (bicyclic) bond motifs is 1. The number of likely N-dealkylation sites (N-methyl/N-ethyl adjacent to an activating group) is 1. The van der Waals surface area contributed by atoms with Gasteiger partial charge in [-0.25, -0.2) is 4.79 Å². The maximum absolute atomic E-state index is 14.0. The van der Waals surface area contributed by atoms with Crippen LogP contribution in [0.15, 0.2) is 29.3 Å². The normalized spacial score (nSPS) is 30.8. The third-order valence-corrected chi connectivity index (χ3v) is 12.3. The molecule has 2 bridgehead atoms. The second-order valence-corrected chi connectivity index (χ2v) is 17.6. The van der Waals surface area contributed by atoms with Crippen LogP contribution in [0.2, 0.25) is 0 Å². The van der Waals surface area contributed by atoms with E-state index in [9.17, 15) is 29.1 Å². The Morgan fingerprint density at radius 1 is 1.00 bits per heavy atom. The van der Waals surface area contributed by atoms with Crippen molar-refractivity contribution in [2.24, 2.45) is 28.2 Å². The molecule has 0 fully saturated rings. The van der Waals surface area contributed by atoms with Crippen molar-refractivity contribution in [1.82, 2.24) is 20.9 Å². The number of aliphatic hydroxyl groups excluding tert-OH is 1. The summed E-state index contributed by atoms with van der Waals surface area (Å²) >= 11 is 1.59. The van der Waals surface area contributed by atoms with Crippen molar-refractivity contribution < 1.29 is 38.6 Å². The molecule has 0 aromatic heterocycles. The fourth-order valence-electron chi connectivity index (χ4n) is 6.57. The SMILES string of the molecule is CC[C@H](C)[C@@H]1NC(=O)[C@H](C)NC(=O)[C@H](Cc2ccc(OC)cc2)NC(=O)CC[C@@H]2CSC(=N2)C(C)[C@@H](O)C[C@H](C)C[C@@H](C(C)(C)C)OC(=O)[C@H](C)N(C)C1=O. The van der Waals surface area contributed by atoms with Crippen molar-refractivity contribution in [3.8, 4) is 5.75 Å². The summed E-state index contributed by atoms with van der Waals surface area (Å²) in [5.74, 6) is -1.67. The average Bonchev–Trinajstić information content (AvgIpc) is 3.62. The number of aliphatic hydroxyl groups is 1. The number of ether oxygens (including phenoxy) is 2. The number of thioether (sulfide) groups is 1. The molecule has 2 heterocycles. The van der Waals surface area contributed by atoms with Gasteiger partial charge in [0, 0.05) is 31.6 Å². The van der Waals surface area contributed by atoms with Crippen LogP contribution >= 0.6 is 11.8 Å². The van der Waals surface area contributed by atoms with Gasteiger partial charge in [0.1, 0.15) is 36.0 Å². The molecule has 1 aromatic rings. The number of rotatable bonds is 5. The van der Waals surface area contributed by atoms with E-state index in [0.29, 0.717) is 37.2 Å². The molecule has 4 N–H and O–H groups in total. The molecular formula is C41H65N5O8S. The Labute approximate surface area is 331 Å². The second-order valence-electron chi connectivity index (χ2n) is 16.6. The van der Waals surface area contributed by atoms with E-state index in [1.165, 1.54) is 18.9 Å². The molecule has 308 valence electrons. The highest BCUT2D eigenvalue weighted by Gasteiger charge is 2.38. The number of amides is 4. The fraction of sp³-hybridized carbons (Fsp3) is 0.707. The Morgan fingerprint density at radius 2 is 1.65 bits per heavy atom. The van der Waals surface area contributed by atoms with E-state index in [-0.39, 0.29) is 42.5 Å². The molecule has 0 aliphatic carbocycles. The standard InChI is InChI=1S/C41H65N5O8S/c1-12-24(3)35-39(51)46(10)27(6)40(52)54-33(41(7,8)9)20-23(2)19-32(47)25(4)38-43-29(22-55-38)15-18-34(48)44-31(37(50)42-26(5)36(49)45-35)21-28-13-16-30(53-11)17-14-28/h13-14,16-17,23-27,29,31-33,35,47H,12,15,18-22H2,1-11H3,(H,42,50)(H,44,48)(H,45,49)/t23-,24-,25?,26-,27-,29+,31-,32-,33-,35-/m0/s1. The number of hydrogen-bond donors (Lipinski definition) is 4. The van der Waals surface area contributed by atoms with E-state index in [1.54, 1.807) is 37.9 Å². The Bertz CT molecular complexity index is 1510. The van der Waals surface area contributed by atoms with Crippen LogP contribution in [0.1, 0.15) is 100.0 Å². The summed E-state index contributed by atoms with van der Waals surface area (Å²) in [5, 5.41) is 20.6. The van der Waals surface area contributed by atoms with Crippen molar-refractivity contribution in [1.29, 1.82) is 0 Å². The molecule has 0 saturated carbocycles. The third-order valence-electron chi connectivity index (χ3n) is 10.9. The lowest BCUT2D eigenvalue weighted by molar-refractivity contribution is -0.164. The number of nitrogens with one attached hydrogen (secondary N) is 3. The first kappa shape index (κ1) is 45.7. The van der Waals surface area contributed by atoms with Crippen LogP contribution in [-0.2, 0) is 35.1 Å². The molecule has 2 aliphatic heterocycles. The van der Waals surface area contributed by atoms with Gasteiger partial charge >= 0.3 is 5.97 Å². The van der Waals surface area contributed by atoms with Gasteiger partial charge in [-0.2, -0.15) is 0 Å². The number of cyclic esters (lactones) is 1. The number of carbonyl (C=O) groups excluding carboxylic acids is 5. The number of aliphatic imine (C=N–C) groups is 1. The second kappa shape index (κ2) is 20.5.